The van der Waals surface area contributed by atoms with Crippen LogP contribution in [-0.4, -0.2) is 105 Å². The molecule has 0 radical (unpaired) electrons. The van der Waals surface area contributed by atoms with Gasteiger partial charge in [-0.05, 0) is 67.7 Å². The summed E-state index contributed by atoms with van der Waals surface area (Å²) in [5, 5.41) is 0. The lowest BCUT2D eigenvalue weighted by Gasteiger charge is -2.54. The number of likely N-dealkylation sites (tertiary alicyclic amines) is 1. The molecule has 45 heavy (non-hydrogen) atoms. The molecule has 3 saturated heterocycles. The molecule has 5 heterocycles. The number of benzene rings is 2. The molecule has 10 nitrogen and oxygen atoms in total. The Balaban J connectivity index is 0.863. The van der Waals surface area contributed by atoms with Gasteiger partial charge >= 0.3 is 0 Å². The average molecular weight is 614 g/mol. The second-order valence-electron chi connectivity index (χ2n) is 14.1. The first-order valence-electron chi connectivity index (χ1n) is 16.6. The van der Waals surface area contributed by atoms with Gasteiger partial charge in [-0.25, -0.2) is 0 Å². The highest BCUT2D eigenvalue weighted by Gasteiger charge is 2.47. The number of piperazine rings is 1. The van der Waals surface area contributed by atoms with Gasteiger partial charge in [0, 0.05) is 75.6 Å². The molecule has 0 aromatic heterocycles. The molecule has 3 amide bonds. The van der Waals surface area contributed by atoms with Crippen molar-refractivity contribution in [1.82, 2.24) is 14.7 Å². The van der Waals surface area contributed by atoms with Gasteiger partial charge in [-0.2, -0.15) is 0 Å². The van der Waals surface area contributed by atoms with Crippen LogP contribution in [-0.2, 0) is 16.1 Å². The van der Waals surface area contributed by atoms with Crippen LogP contribution in [0.5, 0.6) is 11.5 Å². The topological polar surface area (TPSA) is 85.9 Å². The van der Waals surface area contributed by atoms with E-state index in [-0.39, 0.29) is 30.2 Å². The summed E-state index contributed by atoms with van der Waals surface area (Å²) in [7, 11) is 3.24. The minimum Gasteiger partial charge on any atom is -0.497 e. The summed E-state index contributed by atoms with van der Waals surface area (Å²) in [6.07, 6.45) is 5.88. The van der Waals surface area contributed by atoms with Crippen molar-refractivity contribution >= 4 is 29.1 Å². The molecule has 0 N–H and O–H groups in total. The van der Waals surface area contributed by atoms with E-state index in [2.05, 4.69) is 32.9 Å². The number of fused-ring (bicyclic) bond motifs is 5. The predicted octanol–water partition coefficient (Wildman–Crippen LogP) is 3.38. The van der Waals surface area contributed by atoms with Crippen LogP contribution in [0.15, 0.2) is 36.4 Å². The van der Waals surface area contributed by atoms with Crippen molar-refractivity contribution in [1.29, 1.82) is 0 Å². The third-order valence-corrected chi connectivity index (χ3v) is 11.6. The van der Waals surface area contributed by atoms with Crippen LogP contribution in [0.3, 0.4) is 0 Å². The monoisotopic (exact) mass is 613 g/mol. The van der Waals surface area contributed by atoms with Crippen molar-refractivity contribution in [3.63, 3.8) is 0 Å². The smallest absolute Gasteiger partial charge is 0.255 e. The highest BCUT2D eigenvalue weighted by atomic mass is 16.5. The quantitative estimate of drug-likeness (QED) is 0.475. The lowest BCUT2D eigenvalue weighted by atomic mass is 9.57. The Morgan fingerprint density at radius 1 is 1.00 bits per heavy atom. The van der Waals surface area contributed by atoms with Gasteiger partial charge in [0.1, 0.15) is 24.1 Å². The van der Waals surface area contributed by atoms with Crippen molar-refractivity contribution in [2.75, 3.05) is 69.8 Å². The number of nitrogens with zero attached hydrogens (tertiary/aromatic N) is 5. The van der Waals surface area contributed by atoms with Crippen molar-refractivity contribution in [3.8, 4) is 11.5 Å². The number of rotatable bonds is 5. The number of carbonyl (C=O) groups is 3. The summed E-state index contributed by atoms with van der Waals surface area (Å²) in [6.45, 7) is 7.32. The van der Waals surface area contributed by atoms with Crippen molar-refractivity contribution in [2.24, 2.45) is 11.3 Å². The molecule has 2 unspecified atom stereocenters. The molecule has 4 fully saturated rings. The number of likely N-dealkylation sites (N-methyl/N-ethyl adjacent to an activating group) is 1. The maximum atomic E-state index is 13.4. The van der Waals surface area contributed by atoms with Crippen molar-refractivity contribution in [3.05, 3.63) is 47.5 Å². The molecule has 6 aliphatic rings. The molecule has 1 saturated carbocycles. The van der Waals surface area contributed by atoms with Crippen LogP contribution in [0.4, 0.5) is 11.4 Å². The third kappa shape index (κ3) is 4.83. The summed E-state index contributed by atoms with van der Waals surface area (Å²) < 4.78 is 11.9. The second-order valence-corrected chi connectivity index (χ2v) is 14.1. The van der Waals surface area contributed by atoms with Gasteiger partial charge in [0.15, 0.2) is 0 Å². The normalized spacial score (nSPS) is 26.4. The Labute approximate surface area is 264 Å². The number of piperidine rings is 2. The van der Waals surface area contributed by atoms with Crippen LogP contribution in [0.2, 0.25) is 0 Å². The summed E-state index contributed by atoms with van der Waals surface area (Å²) >= 11 is 0. The fourth-order valence-corrected chi connectivity index (χ4v) is 9.03. The van der Waals surface area contributed by atoms with Gasteiger partial charge in [0.25, 0.3) is 11.8 Å². The van der Waals surface area contributed by atoms with Crippen LogP contribution >= 0.6 is 0 Å². The maximum absolute atomic E-state index is 13.4. The van der Waals surface area contributed by atoms with E-state index in [9.17, 15) is 14.4 Å². The van der Waals surface area contributed by atoms with E-state index >= 15 is 0 Å². The standard InChI is InChI=1S/C35H43N5O5/c1-36-31(41)9-8-30(34(36)43)40-21-28-27(33(40)42)6-7-29-32(28)45-22-25-20-37(14-15-39(25)29)19-23-17-35(18-23)10-12-38(13-11-35)24-4-3-5-26(16-24)44-2/h3-7,16,23,25,30H,8-15,17-22H2,1-2H3. The molecular formula is C35H43N5O5. The largest absolute Gasteiger partial charge is 0.497 e. The van der Waals surface area contributed by atoms with Crippen LogP contribution in [0, 0.1) is 11.3 Å². The Hall–Kier alpha value is -3.79. The zero-order chi connectivity index (χ0) is 30.9. The number of methoxy groups -OCH3 is 1. The Morgan fingerprint density at radius 3 is 2.62 bits per heavy atom. The minimum atomic E-state index is -0.603. The zero-order valence-corrected chi connectivity index (χ0v) is 26.4. The second kappa shape index (κ2) is 10.9. The molecule has 1 spiro atoms. The molecule has 2 atom stereocenters. The molecule has 2 aromatic carbocycles. The van der Waals surface area contributed by atoms with E-state index in [0.717, 1.165) is 66.3 Å². The van der Waals surface area contributed by atoms with E-state index in [1.807, 2.05) is 18.2 Å². The summed E-state index contributed by atoms with van der Waals surface area (Å²) in [4.78, 5) is 48.7. The molecule has 1 aliphatic carbocycles. The first-order chi connectivity index (χ1) is 21.8. The lowest BCUT2D eigenvalue weighted by molar-refractivity contribution is -0.150. The SMILES string of the molecule is COc1cccc(N2CCC3(CC2)CC(CN2CCN4c5ccc6c(c5OCC4C2)CN(C2CCC(=O)N(C)C2=O)C6=O)C3)c1. The molecule has 8 rings (SSSR count). The summed E-state index contributed by atoms with van der Waals surface area (Å²) in [5.74, 6) is 1.86. The molecule has 10 heteroatoms. The van der Waals surface area contributed by atoms with Crippen molar-refractivity contribution < 1.29 is 23.9 Å². The minimum absolute atomic E-state index is 0.145. The number of amides is 3. The van der Waals surface area contributed by atoms with E-state index < -0.39 is 6.04 Å². The number of hydrogen-bond acceptors (Lipinski definition) is 8. The van der Waals surface area contributed by atoms with Crippen molar-refractivity contribution in [2.45, 2.75) is 57.2 Å². The average Bonchev–Trinajstić information content (AvgIpc) is 3.39. The van der Waals surface area contributed by atoms with Crippen LogP contribution in [0.1, 0.15) is 54.4 Å². The number of imide groups is 1. The lowest BCUT2D eigenvalue weighted by Crippen LogP contribution is -2.59. The van der Waals surface area contributed by atoms with E-state index in [1.54, 1.807) is 12.0 Å². The predicted molar refractivity (Wildman–Crippen MR) is 170 cm³/mol. The molecule has 2 aromatic rings. The molecule has 238 valence electrons. The van der Waals surface area contributed by atoms with E-state index in [1.165, 1.54) is 45.0 Å². The maximum Gasteiger partial charge on any atom is 0.255 e. The zero-order valence-electron chi connectivity index (χ0n) is 26.4. The first kappa shape index (κ1) is 28.7. The van der Waals surface area contributed by atoms with Gasteiger partial charge in [-0.15, -0.1) is 0 Å². The molecule has 5 aliphatic heterocycles. The molecular weight excluding hydrogens is 570 g/mol. The van der Waals surface area contributed by atoms with Crippen LogP contribution < -0.4 is 19.3 Å². The number of ether oxygens (including phenoxy) is 2. The Morgan fingerprint density at radius 2 is 1.82 bits per heavy atom. The highest BCUT2D eigenvalue weighted by Crippen LogP contribution is 2.53. The van der Waals surface area contributed by atoms with Gasteiger partial charge in [0.2, 0.25) is 5.91 Å². The fourth-order valence-electron chi connectivity index (χ4n) is 9.03. The Kier molecular flexibility index (Phi) is 6.96. The number of hydrogen-bond donors (Lipinski definition) is 0. The van der Waals surface area contributed by atoms with Gasteiger partial charge in [-0.1, -0.05) is 6.07 Å². The fraction of sp³-hybridized carbons (Fsp3) is 0.571. The van der Waals surface area contributed by atoms with Gasteiger partial charge < -0.3 is 24.2 Å². The summed E-state index contributed by atoms with van der Waals surface area (Å²) in [5.41, 5.74) is 4.35. The summed E-state index contributed by atoms with van der Waals surface area (Å²) in [6, 6.07) is 12.1. The molecule has 0 bridgehead atoms. The highest BCUT2D eigenvalue weighted by molar-refractivity contribution is 6.06. The van der Waals surface area contributed by atoms with E-state index in [0.29, 0.717) is 30.6 Å². The Bertz CT molecular complexity index is 1530. The van der Waals surface area contributed by atoms with E-state index in [4.69, 9.17) is 9.47 Å². The van der Waals surface area contributed by atoms with Gasteiger partial charge in [0.05, 0.1) is 25.4 Å². The number of anilines is 2. The first-order valence-corrected chi connectivity index (χ1v) is 16.6. The van der Waals surface area contributed by atoms with Gasteiger partial charge in [-0.3, -0.25) is 24.2 Å². The third-order valence-electron chi connectivity index (χ3n) is 11.6. The van der Waals surface area contributed by atoms with Crippen LogP contribution in [0.25, 0.3) is 0 Å². The number of carbonyl (C=O) groups excluding carboxylic acids is 3.